The second kappa shape index (κ2) is 6.56. The molecule has 0 radical (unpaired) electrons. The van der Waals surface area contributed by atoms with Crippen molar-refractivity contribution in [2.75, 3.05) is 26.3 Å². The van der Waals surface area contributed by atoms with Crippen molar-refractivity contribution in [1.29, 1.82) is 0 Å². The quantitative estimate of drug-likeness (QED) is 0.654. The number of carbonyl (C=O) groups excluding carboxylic acids is 2. The van der Waals surface area contributed by atoms with Crippen LogP contribution >= 0.6 is 0 Å². The molecule has 98 valence electrons. The van der Waals surface area contributed by atoms with Crippen LogP contribution in [0.3, 0.4) is 0 Å². The fourth-order valence-corrected chi connectivity index (χ4v) is 1.92. The lowest BCUT2D eigenvalue weighted by Crippen LogP contribution is -2.51. The Balaban J connectivity index is 2.37. The van der Waals surface area contributed by atoms with Crippen molar-refractivity contribution >= 4 is 11.8 Å². The van der Waals surface area contributed by atoms with Crippen molar-refractivity contribution in [3.8, 4) is 0 Å². The third-order valence-electron chi connectivity index (χ3n) is 2.74. The Kier molecular flexibility index (Phi) is 5.37. The fourth-order valence-electron chi connectivity index (χ4n) is 1.92. The van der Waals surface area contributed by atoms with E-state index in [4.69, 9.17) is 10.5 Å². The van der Waals surface area contributed by atoms with E-state index in [1.165, 1.54) is 0 Å². The molecule has 0 aromatic carbocycles. The van der Waals surface area contributed by atoms with Gasteiger partial charge in [-0.1, -0.05) is 0 Å². The number of hydrogen-bond donors (Lipinski definition) is 2. The highest BCUT2D eigenvalue weighted by Gasteiger charge is 2.23. The van der Waals surface area contributed by atoms with Gasteiger partial charge in [0.1, 0.15) is 0 Å². The van der Waals surface area contributed by atoms with Crippen molar-refractivity contribution in [3.63, 3.8) is 0 Å². The number of primary amides is 1. The summed E-state index contributed by atoms with van der Waals surface area (Å²) in [4.78, 5) is 24.5. The zero-order valence-electron chi connectivity index (χ0n) is 10.4. The largest absolute Gasteiger partial charge is 0.378 e. The van der Waals surface area contributed by atoms with Crippen LogP contribution in [0.15, 0.2) is 0 Å². The van der Waals surface area contributed by atoms with Gasteiger partial charge in [0, 0.05) is 25.6 Å². The van der Waals surface area contributed by atoms with Crippen LogP contribution in [0.1, 0.15) is 20.3 Å². The Morgan fingerprint density at radius 1 is 1.35 bits per heavy atom. The van der Waals surface area contributed by atoms with E-state index in [-0.39, 0.29) is 30.3 Å². The first-order chi connectivity index (χ1) is 8.00. The molecule has 1 rings (SSSR count). The first-order valence-electron chi connectivity index (χ1n) is 5.91. The molecule has 1 aliphatic heterocycles. The monoisotopic (exact) mass is 243 g/mol. The third-order valence-corrected chi connectivity index (χ3v) is 2.74. The number of nitrogens with zero attached hydrogens (tertiary/aromatic N) is 1. The molecule has 0 bridgehead atoms. The van der Waals surface area contributed by atoms with Gasteiger partial charge in [-0.3, -0.25) is 9.59 Å². The molecule has 1 fully saturated rings. The molecule has 0 aromatic rings. The van der Waals surface area contributed by atoms with E-state index < -0.39 is 0 Å². The van der Waals surface area contributed by atoms with Gasteiger partial charge in [0.25, 0.3) is 0 Å². The maximum Gasteiger partial charge on any atom is 0.239 e. The SMILES string of the molecule is CC(CC(N)=O)NC(C)C(=O)N1CCOCC1. The summed E-state index contributed by atoms with van der Waals surface area (Å²) in [6.07, 6.45) is 0.237. The van der Waals surface area contributed by atoms with Crippen LogP contribution in [-0.2, 0) is 14.3 Å². The van der Waals surface area contributed by atoms with Gasteiger partial charge in [-0.25, -0.2) is 0 Å². The summed E-state index contributed by atoms with van der Waals surface area (Å²) in [5.41, 5.74) is 5.10. The first kappa shape index (κ1) is 13.9. The molecule has 0 aromatic heterocycles. The van der Waals surface area contributed by atoms with Crippen LogP contribution in [0, 0.1) is 0 Å². The molecule has 1 heterocycles. The summed E-state index contributed by atoms with van der Waals surface area (Å²) >= 11 is 0. The van der Waals surface area contributed by atoms with Gasteiger partial charge in [-0.05, 0) is 13.8 Å². The van der Waals surface area contributed by atoms with Crippen LogP contribution in [0.25, 0.3) is 0 Å². The van der Waals surface area contributed by atoms with Gasteiger partial charge in [-0.15, -0.1) is 0 Å². The summed E-state index contributed by atoms with van der Waals surface area (Å²) in [7, 11) is 0. The predicted octanol–water partition coefficient (Wildman–Crippen LogP) is -0.913. The Bertz CT molecular complexity index is 277. The molecular weight excluding hydrogens is 222 g/mol. The van der Waals surface area contributed by atoms with Gasteiger partial charge >= 0.3 is 0 Å². The molecule has 2 amide bonds. The van der Waals surface area contributed by atoms with E-state index in [0.717, 1.165) is 0 Å². The molecular formula is C11H21N3O3. The molecule has 0 saturated carbocycles. The van der Waals surface area contributed by atoms with Gasteiger partial charge in [0.2, 0.25) is 11.8 Å². The average Bonchev–Trinajstić information content (AvgIpc) is 2.28. The zero-order chi connectivity index (χ0) is 12.8. The van der Waals surface area contributed by atoms with Crippen molar-refractivity contribution in [2.45, 2.75) is 32.4 Å². The van der Waals surface area contributed by atoms with E-state index in [1.54, 1.807) is 11.8 Å². The molecule has 2 atom stereocenters. The zero-order valence-corrected chi connectivity index (χ0v) is 10.4. The van der Waals surface area contributed by atoms with Crippen LogP contribution in [0.5, 0.6) is 0 Å². The van der Waals surface area contributed by atoms with Crippen LogP contribution in [0.2, 0.25) is 0 Å². The van der Waals surface area contributed by atoms with Crippen molar-refractivity contribution in [3.05, 3.63) is 0 Å². The van der Waals surface area contributed by atoms with E-state index in [2.05, 4.69) is 5.32 Å². The lowest BCUT2D eigenvalue weighted by Gasteiger charge is -2.30. The summed E-state index contributed by atoms with van der Waals surface area (Å²) < 4.78 is 5.19. The smallest absolute Gasteiger partial charge is 0.239 e. The minimum Gasteiger partial charge on any atom is -0.378 e. The molecule has 17 heavy (non-hydrogen) atoms. The van der Waals surface area contributed by atoms with E-state index in [0.29, 0.717) is 26.3 Å². The fraction of sp³-hybridized carbons (Fsp3) is 0.818. The maximum atomic E-state index is 12.0. The highest BCUT2D eigenvalue weighted by molar-refractivity contribution is 5.81. The Labute approximate surface area is 101 Å². The van der Waals surface area contributed by atoms with Gasteiger partial charge in [0.15, 0.2) is 0 Å². The highest BCUT2D eigenvalue weighted by Crippen LogP contribution is 2.02. The molecule has 6 nitrogen and oxygen atoms in total. The number of nitrogens with two attached hydrogens (primary N) is 1. The Morgan fingerprint density at radius 2 is 1.94 bits per heavy atom. The second-order valence-corrected chi connectivity index (χ2v) is 4.40. The van der Waals surface area contributed by atoms with Crippen LogP contribution in [0.4, 0.5) is 0 Å². The Hall–Kier alpha value is -1.14. The van der Waals surface area contributed by atoms with Gasteiger partial charge in [0.05, 0.1) is 19.3 Å². The lowest BCUT2D eigenvalue weighted by molar-refractivity contribution is -0.137. The van der Waals surface area contributed by atoms with Crippen molar-refractivity contribution < 1.29 is 14.3 Å². The molecule has 1 saturated heterocycles. The van der Waals surface area contributed by atoms with Crippen molar-refractivity contribution in [2.24, 2.45) is 5.73 Å². The number of amides is 2. The summed E-state index contributed by atoms with van der Waals surface area (Å²) in [6, 6.07) is -0.394. The number of hydrogen-bond acceptors (Lipinski definition) is 4. The van der Waals surface area contributed by atoms with Crippen LogP contribution in [-0.4, -0.2) is 55.1 Å². The minimum atomic E-state index is -0.365. The van der Waals surface area contributed by atoms with Gasteiger partial charge in [-0.2, -0.15) is 0 Å². The molecule has 2 unspecified atom stereocenters. The minimum absolute atomic E-state index is 0.0459. The highest BCUT2D eigenvalue weighted by atomic mass is 16.5. The summed E-state index contributed by atoms with van der Waals surface area (Å²) in [5, 5.41) is 3.08. The summed E-state index contributed by atoms with van der Waals surface area (Å²) in [6.45, 7) is 6.10. The molecule has 0 spiro atoms. The second-order valence-electron chi connectivity index (χ2n) is 4.40. The standard InChI is InChI=1S/C11H21N3O3/c1-8(7-10(12)15)13-9(2)11(16)14-3-5-17-6-4-14/h8-9,13H,3-7H2,1-2H3,(H2,12,15). The number of morpholine rings is 1. The molecule has 1 aliphatic rings. The number of nitrogens with one attached hydrogen (secondary N) is 1. The number of rotatable bonds is 5. The van der Waals surface area contributed by atoms with Gasteiger partial charge < -0.3 is 20.7 Å². The molecule has 6 heteroatoms. The number of ether oxygens (including phenoxy) is 1. The average molecular weight is 243 g/mol. The third kappa shape index (κ3) is 4.70. The normalized spacial score (nSPS) is 19.8. The first-order valence-corrected chi connectivity index (χ1v) is 5.91. The lowest BCUT2D eigenvalue weighted by atomic mass is 10.2. The number of carbonyl (C=O) groups is 2. The topological polar surface area (TPSA) is 84.7 Å². The van der Waals surface area contributed by atoms with E-state index >= 15 is 0 Å². The van der Waals surface area contributed by atoms with Crippen LogP contribution < -0.4 is 11.1 Å². The van der Waals surface area contributed by atoms with E-state index in [9.17, 15) is 9.59 Å². The van der Waals surface area contributed by atoms with Crippen molar-refractivity contribution in [1.82, 2.24) is 10.2 Å². The summed E-state index contributed by atoms with van der Waals surface area (Å²) in [5.74, 6) is -0.319. The molecule has 3 N–H and O–H groups in total. The maximum absolute atomic E-state index is 12.0. The molecule has 0 aliphatic carbocycles. The predicted molar refractivity (Wildman–Crippen MR) is 63.3 cm³/mol. The Morgan fingerprint density at radius 3 is 2.47 bits per heavy atom. The van der Waals surface area contributed by atoms with E-state index in [1.807, 2.05) is 6.92 Å².